The summed E-state index contributed by atoms with van der Waals surface area (Å²) in [6, 6.07) is 3.05. The van der Waals surface area contributed by atoms with Gasteiger partial charge in [0.05, 0.1) is 18.8 Å². The second-order valence-electron chi connectivity index (χ2n) is 4.02. The zero-order valence-corrected chi connectivity index (χ0v) is 9.68. The Hall–Kier alpha value is -1.62. The first-order valence-corrected chi connectivity index (χ1v) is 5.67. The minimum atomic E-state index is -0.959. The Labute approximate surface area is 99.4 Å². The van der Waals surface area contributed by atoms with E-state index in [1.807, 2.05) is 6.92 Å². The SMILES string of the molecule is CCCc1cc(C(=O)O)cc(OC2COC2)n1. The molecule has 1 aromatic rings. The van der Waals surface area contributed by atoms with Gasteiger partial charge >= 0.3 is 5.97 Å². The van der Waals surface area contributed by atoms with Gasteiger partial charge in [-0.3, -0.25) is 0 Å². The first kappa shape index (κ1) is 11.9. The van der Waals surface area contributed by atoms with E-state index < -0.39 is 5.97 Å². The molecule has 1 aliphatic rings. The number of ether oxygens (including phenoxy) is 2. The quantitative estimate of drug-likeness (QED) is 0.840. The van der Waals surface area contributed by atoms with E-state index in [0.29, 0.717) is 19.1 Å². The number of hydrogen-bond donors (Lipinski definition) is 1. The van der Waals surface area contributed by atoms with Crippen molar-refractivity contribution in [3.05, 3.63) is 23.4 Å². The van der Waals surface area contributed by atoms with Gasteiger partial charge in [0.1, 0.15) is 6.10 Å². The van der Waals surface area contributed by atoms with Crippen molar-refractivity contribution in [2.45, 2.75) is 25.9 Å². The third-order valence-electron chi connectivity index (χ3n) is 2.50. The lowest BCUT2D eigenvalue weighted by Crippen LogP contribution is -2.38. The molecule has 92 valence electrons. The maximum Gasteiger partial charge on any atom is 0.335 e. The van der Waals surface area contributed by atoms with Crippen molar-refractivity contribution in [1.82, 2.24) is 4.98 Å². The summed E-state index contributed by atoms with van der Waals surface area (Å²) in [7, 11) is 0. The molecule has 0 atom stereocenters. The van der Waals surface area contributed by atoms with Crippen LogP contribution in [0.5, 0.6) is 5.88 Å². The summed E-state index contributed by atoms with van der Waals surface area (Å²) in [5.74, 6) is -0.582. The molecule has 1 fully saturated rings. The van der Waals surface area contributed by atoms with Crippen molar-refractivity contribution in [1.29, 1.82) is 0 Å². The molecule has 5 heteroatoms. The Balaban J connectivity index is 2.19. The molecule has 0 aliphatic carbocycles. The van der Waals surface area contributed by atoms with Crippen molar-refractivity contribution in [3.8, 4) is 5.88 Å². The van der Waals surface area contributed by atoms with Crippen LogP contribution in [0.3, 0.4) is 0 Å². The molecule has 0 aromatic carbocycles. The normalized spacial score (nSPS) is 15.4. The number of carboxylic acid groups (broad SMARTS) is 1. The fraction of sp³-hybridized carbons (Fsp3) is 0.500. The van der Waals surface area contributed by atoms with Crippen LogP contribution >= 0.6 is 0 Å². The van der Waals surface area contributed by atoms with E-state index in [2.05, 4.69) is 4.98 Å². The molecular formula is C12H15NO4. The second-order valence-corrected chi connectivity index (χ2v) is 4.02. The molecule has 1 aromatic heterocycles. The molecule has 17 heavy (non-hydrogen) atoms. The lowest BCUT2D eigenvalue weighted by atomic mass is 10.1. The maximum atomic E-state index is 11.0. The second kappa shape index (κ2) is 5.14. The molecule has 0 spiro atoms. The Morgan fingerprint density at radius 2 is 2.35 bits per heavy atom. The standard InChI is InChI=1S/C12H15NO4/c1-2-3-9-4-8(12(14)15)5-11(13-9)17-10-6-16-7-10/h4-5,10H,2-3,6-7H2,1H3,(H,14,15). The summed E-state index contributed by atoms with van der Waals surface area (Å²) < 4.78 is 10.5. The van der Waals surface area contributed by atoms with Gasteiger partial charge in [0, 0.05) is 11.8 Å². The minimum absolute atomic E-state index is 0.000946. The molecule has 1 N–H and O–H groups in total. The predicted molar refractivity (Wildman–Crippen MR) is 60.4 cm³/mol. The van der Waals surface area contributed by atoms with E-state index in [9.17, 15) is 4.79 Å². The fourth-order valence-corrected chi connectivity index (χ4v) is 1.58. The van der Waals surface area contributed by atoms with Gasteiger partial charge < -0.3 is 14.6 Å². The van der Waals surface area contributed by atoms with Crippen molar-refractivity contribution in [2.75, 3.05) is 13.2 Å². The summed E-state index contributed by atoms with van der Waals surface area (Å²) >= 11 is 0. The highest BCUT2D eigenvalue weighted by atomic mass is 16.6. The van der Waals surface area contributed by atoms with E-state index >= 15 is 0 Å². The molecule has 0 radical (unpaired) electrons. The summed E-state index contributed by atoms with van der Waals surface area (Å²) in [6.07, 6.45) is 1.67. The van der Waals surface area contributed by atoms with Gasteiger partial charge in [-0.25, -0.2) is 9.78 Å². The minimum Gasteiger partial charge on any atom is -0.478 e. The topological polar surface area (TPSA) is 68.7 Å². The van der Waals surface area contributed by atoms with Crippen LogP contribution in [0, 0.1) is 0 Å². The van der Waals surface area contributed by atoms with Gasteiger partial charge in [-0.2, -0.15) is 0 Å². The van der Waals surface area contributed by atoms with Crippen molar-refractivity contribution < 1.29 is 19.4 Å². The van der Waals surface area contributed by atoms with Crippen LogP contribution in [0.1, 0.15) is 29.4 Å². The average molecular weight is 237 g/mol. The van der Waals surface area contributed by atoms with Crippen molar-refractivity contribution >= 4 is 5.97 Å². The largest absolute Gasteiger partial charge is 0.478 e. The highest BCUT2D eigenvalue weighted by Gasteiger charge is 2.21. The maximum absolute atomic E-state index is 11.0. The molecular weight excluding hydrogens is 222 g/mol. The molecule has 2 rings (SSSR count). The van der Waals surface area contributed by atoms with Gasteiger partial charge in [-0.1, -0.05) is 13.3 Å². The third-order valence-corrected chi connectivity index (χ3v) is 2.50. The van der Waals surface area contributed by atoms with Gasteiger partial charge in [0.2, 0.25) is 5.88 Å². The van der Waals surface area contributed by atoms with Crippen LogP contribution in [-0.2, 0) is 11.2 Å². The summed E-state index contributed by atoms with van der Waals surface area (Å²) in [4.78, 5) is 15.3. The van der Waals surface area contributed by atoms with Crippen LogP contribution in [0.4, 0.5) is 0 Å². The number of carboxylic acids is 1. The number of rotatable bonds is 5. The van der Waals surface area contributed by atoms with Crippen LogP contribution in [0.25, 0.3) is 0 Å². The Kier molecular flexibility index (Phi) is 3.58. The lowest BCUT2D eigenvalue weighted by molar-refractivity contribution is -0.0814. The molecule has 1 saturated heterocycles. The van der Waals surface area contributed by atoms with E-state index in [0.717, 1.165) is 18.5 Å². The van der Waals surface area contributed by atoms with Crippen LogP contribution in [-0.4, -0.2) is 35.4 Å². The highest BCUT2D eigenvalue weighted by molar-refractivity contribution is 5.88. The van der Waals surface area contributed by atoms with E-state index in [1.165, 1.54) is 6.07 Å². The van der Waals surface area contributed by atoms with Crippen LogP contribution < -0.4 is 4.74 Å². The van der Waals surface area contributed by atoms with Gasteiger partial charge in [-0.05, 0) is 12.5 Å². The first-order chi connectivity index (χ1) is 8.19. The van der Waals surface area contributed by atoms with E-state index in [4.69, 9.17) is 14.6 Å². The number of carbonyl (C=O) groups is 1. The van der Waals surface area contributed by atoms with Crippen LogP contribution in [0.15, 0.2) is 12.1 Å². The third kappa shape index (κ3) is 2.94. The zero-order valence-electron chi connectivity index (χ0n) is 9.68. The molecule has 5 nitrogen and oxygen atoms in total. The number of pyridine rings is 1. The van der Waals surface area contributed by atoms with Crippen LogP contribution in [0.2, 0.25) is 0 Å². The van der Waals surface area contributed by atoms with Crippen molar-refractivity contribution in [3.63, 3.8) is 0 Å². The number of aromatic carboxylic acids is 1. The van der Waals surface area contributed by atoms with E-state index in [-0.39, 0.29) is 11.7 Å². The zero-order chi connectivity index (χ0) is 12.3. The monoisotopic (exact) mass is 237 g/mol. The van der Waals surface area contributed by atoms with Crippen molar-refractivity contribution in [2.24, 2.45) is 0 Å². The summed E-state index contributed by atoms with van der Waals surface area (Å²) in [5.41, 5.74) is 0.973. The number of nitrogens with zero attached hydrogens (tertiary/aromatic N) is 1. The predicted octanol–water partition coefficient (Wildman–Crippen LogP) is 1.51. The molecule has 0 saturated carbocycles. The molecule has 0 unspecified atom stereocenters. The lowest BCUT2D eigenvalue weighted by Gasteiger charge is -2.26. The number of aryl methyl sites for hydroxylation is 1. The molecule has 0 amide bonds. The Morgan fingerprint density at radius 3 is 2.88 bits per heavy atom. The average Bonchev–Trinajstić information content (AvgIpc) is 2.24. The Morgan fingerprint density at radius 1 is 1.59 bits per heavy atom. The smallest absolute Gasteiger partial charge is 0.335 e. The summed E-state index contributed by atoms with van der Waals surface area (Å²) in [6.45, 7) is 3.11. The van der Waals surface area contributed by atoms with Gasteiger partial charge in [-0.15, -0.1) is 0 Å². The fourth-order valence-electron chi connectivity index (χ4n) is 1.58. The Bertz CT molecular complexity index is 415. The number of aromatic nitrogens is 1. The number of hydrogen-bond acceptors (Lipinski definition) is 4. The summed E-state index contributed by atoms with van der Waals surface area (Å²) in [5, 5.41) is 9.00. The molecule has 2 heterocycles. The highest BCUT2D eigenvalue weighted by Crippen LogP contribution is 2.17. The van der Waals surface area contributed by atoms with E-state index in [1.54, 1.807) is 6.07 Å². The van der Waals surface area contributed by atoms with Gasteiger partial charge in [0.25, 0.3) is 0 Å². The molecule has 0 bridgehead atoms. The van der Waals surface area contributed by atoms with Gasteiger partial charge in [0.15, 0.2) is 0 Å². The molecule has 1 aliphatic heterocycles. The first-order valence-electron chi connectivity index (χ1n) is 5.67.